The number of fused-ring (bicyclic) bond motifs is 1. The summed E-state index contributed by atoms with van der Waals surface area (Å²) in [5.41, 5.74) is 2.29. The smallest absolute Gasteiger partial charge is 0.143 e. The molecule has 0 fully saturated rings. The van der Waals surface area contributed by atoms with E-state index in [4.69, 9.17) is 22.8 Å². The summed E-state index contributed by atoms with van der Waals surface area (Å²) >= 11 is 5.87. The predicted octanol–water partition coefficient (Wildman–Crippen LogP) is 2.59. The fourth-order valence-corrected chi connectivity index (χ4v) is 1.73. The van der Waals surface area contributed by atoms with Crippen LogP contribution in [-0.2, 0) is 11.2 Å². The van der Waals surface area contributed by atoms with Gasteiger partial charge in [0, 0.05) is 5.02 Å². The van der Waals surface area contributed by atoms with Gasteiger partial charge in [-0.05, 0) is 29.7 Å². The van der Waals surface area contributed by atoms with E-state index in [9.17, 15) is 0 Å². The van der Waals surface area contributed by atoms with Crippen molar-refractivity contribution in [2.45, 2.75) is 12.5 Å². The van der Waals surface area contributed by atoms with Crippen LogP contribution in [0.3, 0.4) is 0 Å². The SMILES string of the molecule is C#C[C@H]1OCCc2ccc(Cl)cc21. The van der Waals surface area contributed by atoms with Gasteiger partial charge in [0.2, 0.25) is 0 Å². The maximum Gasteiger partial charge on any atom is 0.143 e. The van der Waals surface area contributed by atoms with E-state index in [1.807, 2.05) is 18.2 Å². The lowest BCUT2D eigenvalue weighted by Crippen LogP contribution is -2.14. The molecule has 0 N–H and O–H groups in total. The second kappa shape index (κ2) is 3.41. The van der Waals surface area contributed by atoms with Crippen molar-refractivity contribution < 1.29 is 4.74 Å². The molecule has 66 valence electrons. The third-order valence-electron chi connectivity index (χ3n) is 2.20. The fourth-order valence-electron chi connectivity index (χ4n) is 1.55. The minimum Gasteiger partial charge on any atom is -0.360 e. The molecule has 1 heterocycles. The number of rotatable bonds is 0. The molecule has 0 unspecified atom stereocenters. The van der Waals surface area contributed by atoms with E-state index in [0.29, 0.717) is 11.6 Å². The highest BCUT2D eigenvalue weighted by molar-refractivity contribution is 6.30. The Kier molecular flexibility index (Phi) is 2.26. The van der Waals surface area contributed by atoms with E-state index in [1.165, 1.54) is 5.56 Å². The van der Waals surface area contributed by atoms with Crippen molar-refractivity contribution in [1.82, 2.24) is 0 Å². The molecule has 2 heteroatoms. The van der Waals surface area contributed by atoms with Crippen LogP contribution in [0.2, 0.25) is 5.02 Å². The summed E-state index contributed by atoms with van der Waals surface area (Å²) in [4.78, 5) is 0. The van der Waals surface area contributed by atoms with Crippen molar-refractivity contribution in [1.29, 1.82) is 0 Å². The average molecular weight is 193 g/mol. The summed E-state index contributed by atoms with van der Waals surface area (Å²) in [7, 11) is 0. The lowest BCUT2D eigenvalue weighted by atomic mass is 9.98. The fraction of sp³-hybridized carbons (Fsp3) is 0.273. The van der Waals surface area contributed by atoms with E-state index in [0.717, 1.165) is 12.0 Å². The molecule has 1 aliphatic heterocycles. The maximum absolute atomic E-state index is 5.87. The van der Waals surface area contributed by atoms with Gasteiger partial charge in [-0.2, -0.15) is 0 Å². The summed E-state index contributed by atoms with van der Waals surface area (Å²) in [6.07, 6.45) is 6.05. The standard InChI is InChI=1S/C11H9ClO/c1-2-11-10-7-9(12)4-3-8(10)5-6-13-11/h1,3-4,7,11H,5-6H2/t11-/m1/s1. The van der Waals surface area contributed by atoms with E-state index < -0.39 is 0 Å². The second-order valence-corrected chi connectivity index (χ2v) is 3.45. The minimum atomic E-state index is -0.220. The van der Waals surface area contributed by atoms with Crippen LogP contribution >= 0.6 is 11.6 Å². The van der Waals surface area contributed by atoms with E-state index in [1.54, 1.807) is 0 Å². The molecule has 0 aliphatic carbocycles. The molecule has 2 rings (SSSR count). The Bertz CT molecular complexity index is 365. The number of halogens is 1. The second-order valence-electron chi connectivity index (χ2n) is 3.01. The molecule has 0 radical (unpaired) electrons. The van der Waals surface area contributed by atoms with Crippen molar-refractivity contribution in [2.75, 3.05) is 6.61 Å². The van der Waals surface area contributed by atoms with Crippen molar-refractivity contribution in [3.63, 3.8) is 0 Å². The van der Waals surface area contributed by atoms with Gasteiger partial charge in [0.15, 0.2) is 0 Å². The molecule has 1 atom stereocenters. The van der Waals surface area contributed by atoms with Crippen LogP contribution in [0.5, 0.6) is 0 Å². The van der Waals surface area contributed by atoms with Crippen LogP contribution in [0, 0.1) is 12.3 Å². The Hall–Kier alpha value is -0.970. The Labute approximate surface area is 82.7 Å². The Morgan fingerprint density at radius 1 is 1.54 bits per heavy atom. The summed E-state index contributed by atoms with van der Waals surface area (Å²) in [6.45, 7) is 0.698. The molecule has 1 aromatic carbocycles. The zero-order chi connectivity index (χ0) is 9.26. The van der Waals surface area contributed by atoms with Crippen LogP contribution in [0.15, 0.2) is 18.2 Å². The van der Waals surface area contributed by atoms with Crippen molar-refractivity contribution >= 4 is 11.6 Å². The minimum absolute atomic E-state index is 0.220. The Morgan fingerprint density at radius 3 is 3.15 bits per heavy atom. The first-order valence-electron chi connectivity index (χ1n) is 4.17. The quantitative estimate of drug-likeness (QED) is 0.575. The third kappa shape index (κ3) is 1.56. The molecule has 13 heavy (non-hydrogen) atoms. The number of benzene rings is 1. The van der Waals surface area contributed by atoms with Crippen molar-refractivity contribution in [3.05, 3.63) is 34.3 Å². The summed E-state index contributed by atoms with van der Waals surface area (Å²) in [5.74, 6) is 2.61. The number of hydrogen-bond donors (Lipinski definition) is 0. The molecular formula is C11H9ClO. The summed E-state index contributed by atoms with van der Waals surface area (Å²) in [6, 6.07) is 5.80. The number of hydrogen-bond acceptors (Lipinski definition) is 1. The van der Waals surface area contributed by atoms with Gasteiger partial charge in [-0.25, -0.2) is 0 Å². The topological polar surface area (TPSA) is 9.23 Å². The van der Waals surface area contributed by atoms with Gasteiger partial charge in [0.1, 0.15) is 6.10 Å². The first kappa shape index (κ1) is 8.62. The van der Waals surface area contributed by atoms with Gasteiger partial charge in [0.05, 0.1) is 6.61 Å². The van der Waals surface area contributed by atoms with Crippen LogP contribution in [0.25, 0.3) is 0 Å². The molecule has 0 aromatic heterocycles. The van der Waals surface area contributed by atoms with Gasteiger partial charge in [-0.1, -0.05) is 23.6 Å². The Morgan fingerprint density at radius 2 is 2.38 bits per heavy atom. The highest BCUT2D eigenvalue weighted by atomic mass is 35.5. The molecule has 1 nitrogen and oxygen atoms in total. The molecular weight excluding hydrogens is 184 g/mol. The average Bonchev–Trinajstić information content (AvgIpc) is 2.17. The monoisotopic (exact) mass is 192 g/mol. The molecule has 1 aromatic rings. The van der Waals surface area contributed by atoms with Crippen LogP contribution in [-0.4, -0.2) is 6.61 Å². The summed E-state index contributed by atoms with van der Waals surface area (Å²) < 4.78 is 5.41. The normalized spacial score (nSPS) is 20.5. The zero-order valence-corrected chi connectivity index (χ0v) is 7.84. The Balaban J connectivity index is 2.49. The lowest BCUT2D eigenvalue weighted by Gasteiger charge is -2.22. The third-order valence-corrected chi connectivity index (χ3v) is 2.43. The van der Waals surface area contributed by atoms with E-state index in [2.05, 4.69) is 5.92 Å². The van der Waals surface area contributed by atoms with E-state index >= 15 is 0 Å². The van der Waals surface area contributed by atoms with Crippen molar-refractivity contribution in [2.24, 2.45) is 0 Å². The van der Waals surface area contributed by atoms with E-state index in [-0.39, 0.29) is 6.10 Å². The summed E-state index contributed by atoms with van der Waals surface area (Å²) in [5, 5.41) is 0.713. The van der Waals surface area contributed by atoms with Gasteiger partial charge in [0.25, 0.3) is 0 Å². The molecule has 0 saturated carbocycles. The van der Waals surface area contributed by atoms with Gasteiger partial charge in [-0.15, -0.1) is 6.42 Å². The first-order chi connectivity index (χ1) is 6.31. The molecule has 0 saturated heterocycles. The molecule has 1 aliphatic rings. The van der Waals surface area contributed by atoms with Gasteiger partial charge in [-0.3, -0.25) is 0 Å². The van der Waals surface area contributed by atoms with Crippen LogP contribution in [0.1, 0.15) is 17.2 Å². The number of ether oxygens (including phenoxy) is 1. The van der Waals surface area contributed by atoms with Gasteiger partial charge >= 0.3 is 0 Å². The highest BCUT2D eigenvalue weighted by Crippen LogP contribution is 2.28. The first-order valence-corrected chi connectivity index (χ1v) is 4.55. The van der Waals surface area contributed by atoms with Crippen LogP contribution in [0.4, 0.5) is 0 Å². The van der Waals surface area contributed by atoms with Crippen LogP contribution < -0.4 is 0 Å². The molecule has 0 amide bonds. The highest BCUT2D eigenvalue weighted by Gasteiger charge is 2.18. The number of terminal acetylenes is 1. The zero-order valence-electron chi connectivity index (χ0n) is 7.09. The molecule has 0 bridgehead atoms. The largest absolute Gasteiger partial charge is 0.360 e. The molecule has 0 spiro atoms. The lowest BCUT2D eigenvalue weighted by molar-refractivity contribution is 0.0815. The predicted molar refractivity (Wildman–Crippen MR) is 52.7 cm³/mol. The van der Waals surface area contributed by atoms with Gasteiger partial charge < -0.3 is 4.74 Å². The maximum atomic E-state index is 5.87. The van der Waals surface area contributed by atoms with Crippen molar-refractivity contribution in [3.8, 4) is 12.3 Å².